The van der Waals surface area contributed by atoms with Crippen LogP contribution in [0.15, 0.2) is 12.2 Å². The highest BCUT2D eigenvalue weighted by Crippen LogP contribution is 2.72. The molecule has 4 bridgehead atoms. The molecule has 1 aliphatic heterocycles. The molecule has 1 heterocycles. The minimum atomic E-state index is -1.07. The number of aliphatic hydroxyl groups excluding tert-OH is 2. The zero-order valence-electron chi connectivity index (χ0n) is 15.7. The minimum Gasteiger partial charge on any atom is -0.393 e. The van der Waals surface area contributed by atoms with Gasteiger partial charge in [-0.3, -0.25) is 4.79 Å². The van der Waals surface area contributed by atoms with Crippen molar-refractivity contribution in [1.82, 2.24) is 0 Å². The lowest BCUT2D eigenvalue weighted by atomic mass is 9.38. The third-order valence-electron chi connectivity index (χ3n) is 9.01. The maximum Gasteiger partial charge on any atom is 0.170 e. The molecule has 0 aromatic rings. The van der Waals surface area contributed by atoms with Crippen LogP contribution in [0.25, 0.3) is 0 Å². The molecule has 9 atom stereocenters. The van der Waals surface area contributed by atoms with Crippen LogP contribution in [-0.4, -0.2) is 54.6 Å². The number of Topliss-reactive ketones (excluding diaryl/α,β-unsaturated/α-hetero) is 1. The number of fused-ring (bicyclic) bond motifs is 1. The maximum atomic E-state index is 13.5. The number of rotatable bonds is 1. The van der Waals surface area contributed by atoms with Gasteiger partial charge in [-0.05, 0) is 42.6 Å². The summed E-state index contributed by atoms with van der Waals surface area (Å²) < 4.78 is 12.0. The fourth-order valence-corrected chi connectivity index (χ4v) is 8.18. The van der Waals surface area contributed by atoms with E-state index >= 15 is 0 Å². The Balaban J connectivity index is 1.75. The molecule has 1 spiro atoms. The van der Waals surface area contributed by atoms with Gasteiger partial charge in [0.1, 0.15) is 0 Å². The van der Waals surface area contributed by atoms with Gasteiger partial charge >= 0.3 is 0 Å². The highest BCUT2D eigenvalue weighted by molar-refractivity contribution is 6.04. The predicted molar refractivity (Wildman–Crippen MR) is 94.3 cm³/mol. The molecule has 0 amide bonds. The Bertz CT molecular complexity index is 661. The first-order valence-electron chi connectivity index (χ1n) is 10.0. The summed E-state index contributed by atoms with van der Waals surface area (Å²) in [7, 11) is 1.64. The molecule has 5 rings (SSSR count). The molecule has 5 aliphatic rings. The molecule has 5 nitrogen and oxygen atoms in total. The molecular weight excluding hydrogens is 332 g/mol. The smallest absolute Gasteiger partial charge is 0.170 e. The van der Waals surface area contributed by atoms with Gasteiger partial charge in [0.25, 0.3) is 0 Å². The molecule has 1 saturated heterocycles. The van der Waals surface area contributed by atoms with E-state index in [-0.39, 0.29) is 34.6 Å². The van der Waals surface area contributed by atoms with E-state index in [9.17, 15) is 15.0 Å². The summed E-state index contributed by atoms with van der Waals surface area (Å²) in [6.45, 7) is 7.60. The van der Waals surface area contributed by atoms with Crippen molar-refractivity contribution >= 4 is 5.78 Å². The number of hydrogen-bond acceptors (Lipinski definition) is 5. The zero-order valence-corrected chi connectivity index (χ0v) is 15.7. The second-order valence-electron chi connectivity index (χ2n) is 9.87. The molecule has 4 saturated carbocycles. The summed E-state index contributed by atoms with van der Waals surface area (Å²) in [6, 6.07) is 0. The second kappa shape index (κ2) is 5.19. The fourth-order valence-electron chi connectivity index (χ4n) is 8.18. The van der Waals surface area contributed by atoms with Crippen LogP contribution in [0, 0.1) is 34.0 Å². The van der Waals surface area contributed by atoms with Gasteiger partial charge in [0.05, 0.1) is 36.9 Å². The topological polar surface area (TPSA) is 76.0 Å². The normalized spacial score (nSPS) is 58.3. The Kier molecular flexibility index (Phi) is 3.47. The standard InChI is InChI=1S/C21H30O5/c1-11-12-7-13(22)16-20-6-4-5-19(2,9-26-10-20)14(20)8-15(25-3)21(16,17(11)23)18(12)24/h12-16,18,22,24H,1,4-10H2,2-3H3/t12-,13-,14+,15-,16-,18+,19-,20-,21?/m0/s1. The average Bonchev–Trinajstić information content (AvgIpc) is 2.71. The van der Waals surface area contributed by atoms with Crippen molar-refractivity contribution in [2.75, 3.05) is 20.3 Å². The second-order valence-corrected chi connectivity index (χ2v) is 9.87. The minimum absolute atomic E-state index is 0.0507. The summed E-state index contributed by atoms with van der Waals surface area (Å²) >= 11 is 0. The fraction of sp³-hybridized carbons (Fsp3) is 0.857. The van der Waals surface area contributed by atoms with Crippen LogP contribution in [0.2, 0.25) is 0 Å². The van der Waals surface area contributed by atoms with Gasteiger partial charge in [-0.2, -0.15) is 0 Å². The van der Waals surface area contributed by atoms with E-state index in [0.717, 1.165) is 32.3 Å². The molecule has 26 heavy (non-hydrogen) atoms. The zero-order chi connectivity index (χ0) is 18.5. The van der Waals surface area contributed by atoms with E-state index in [1.165, 1.54) is 0 Å². The molecule has 2 N–H and O–H groups in total. The lowest BCUT2D eigenvalue weighted by Gasteiger charge is -2.69. The van der Waals surface area contributed by atoms with E-state index < -0.39 is 17.6 Å². The summed E-state index contributed by atoms with van der Waals surface area (Å²) in [5.41, 5.74) is -0.795. The average molecular weight is 362 g/mol. The lowest BCUT2D eigenvalue weighted by Crippen LogP contribution is -2.73. The SMILES string of the molecule is C=C1C(=O)C23[C@@H](OC)C[C@@H]4[C@@]5(C)CCC[C@@]4(COC5)[C@@H]2[C@@H](O)C[C@@H]1[C@H]3O. The maximum absolute atomic E-state index is 13.5. The summed E-state index contributed by atoms with van der Waals surface area (Å²) in [6.07, 6.45) is 2.49. The van der Waals surface area contributed by atoms with Gasteiger partial charge in [0.2, 0.25) is 0 Å². The molecule has 1 unspecified atom stereocenters. The summed E-state index contributed by atoms with van der Waals surface area (Å²) in [5.74, 6) is -0.400. The van der Waals surface area contributed by atoms with Crippen molar-refractivity contribution in [3.63, 3.8) is 0 Å². The molecule has 5 heteroatoms. The van der Waals surface area contributed by atoms with Crippen LogP contribution in [0.5, 0.6) is 0 Å². The van der Waals surface area contributed by atoms with Crippen LogP contribution in [0.1, 0.15) is 39.0 Å². The van der Waals surface area contributed by atoms with E-state index in [1.807, 2.05) is 0 Å². The first-order chi connectivity index (χ1) is 12.3. The first-order valence-corrected chi connectivity index (χ1v) is 10.0. The number of methoxy groups -OCH3 is 1. The van der Waals surface area contributed by atoms with E-state index in [0.29, 0.717) is 24.5 Å². The highest BCUT2D eigenvalue weighted by atomic mass is 16.5. The monoisotopic (exact) mass is 362 g/mol. The Morgan fingerprint density at radius 3 is 2.73 bits per heavy atom. The highest BCUT2D eigenvalue weighted by Gasteiger charge is 2.78. The lowest BCUT2D eigenvalue weighted by molar-refractivity contribution is -0.297. The Labute approximate surface area is 154 Å². The number of hydrogen-bond donors (Lipinski definition) is 2. The van der Waals surface area contributed by atoms with Crippen molar-refractivity contribution in [3.8, 4) is 0 Å². The van der Waals surface area contributed by atoms with Gasteiger partial charge in [0, 0.05) is 24.4 Å². The van der Waals surface area contributed by atoms with Crippen LogP contribution >= 0.6 is 0 Å². The van der Waals surface area contributed by atoms with Gasteiger partial charge in [-0.1, -0.05) is 19.9 Å². The number of aliphatic hydroxyl groups is 2. The van der Waals surface area contributed by atoms with Crippen molar-refractivity contribution in [3.05, 3.63) is 12.2 Å². The number of carbonyl (C=O) groups is 1. The Hall–Kier alpha value is -0.750. The quantitative estimate of drug-likeness (QED) is 0.695. The Morgan fingerprint density at radius 2 is 2.00 bits per heavy atom. The van der Waals surface area contributed by atoms with Crippen LogP contribution in [-0.2, 0) is 14.3 Å². The van der Waals surface area contributed by atoms with Gasteiger partial charge in [0.15, 0.2) is 5.78 Å². The molecular formula is C21H30O5. The summed E-state index contributed by atoms with van der Waals surface area (Å²) in [4.78, 5) is 13.5. The van der Waals surface area contributed by atoms with Gasteiger partial charge < -0.3 is 19.7 Å². The Morgan fingerprint density at radius 1 is 1.23 bits per heavy atom. The van der Waals surface area contributed by atoms with Gasteiger partial charge in [-0.15, -0.1) is 0 Å². The molecule has 0 radical (unpaired) electrons. The van der Waals surface area contributed by atoms with Crippen molar-refractivity contribution in [2.24, 2.45) is 34.0 Å². The largest absolute Gasteiger partial charge is 0.393 e. The molecule has 5 fully saturated rings. The predicted octanol–water partition coefficient (Wildman–Crippen LogP) is 1.71. The summed E-state index contributed by atoms with van der Waals surface area (Å²) in [5, 5.41) is 22.6. The van der Waals surface area contributed by atoms with Crippen LogP contribution < -0.4 is 0 Å². The number of ether oxygens (including phenoxy) is 2. The van der Waals surface area contributed by atoms with Crippen LogP contribution in [0.3, 0.4) is 0 Å². The third-order valence-corrected chi connectivity index (χ3v) is 9.01. The third kappa shape index (κ3) is 1.66. The van der Waals surface area contributed by atoms with E-state index in [4.69, 9.17) is 9.47 Å². The van der Waals surface area contributed by atoms with Gasteiger partial charge in [-0.25, -0.2) is 0 Å². The number of ketones is 1. The molecule has 0 aromatic carbocycles. The molecule has 0 aromatic heterocycles. The van der Waals surface area contributed by atoms with Crippen molar-refractivity contribution < 1.29 is 24.5 Å². The van der Waals surface area contributed by atoms with Crippen LogP contribution in [0.4, 0.5) is 0 Å². The number of carbonyl (C=O) groups excluding carboxylic acids is 1. The molecule has 144 valence electrons. The van der Waals surface area contributed by atoms with Crippen molar-refractivity contribution in [2.45, 2.75) is 57.3 Å². The van der Waals surface area contributed by atoms with Crippen molar-refractivity contribution in [1.29, 1.82) is 0 Å². The van der Waals surface area contributed by atoms with E-state index in [2.05, 4.69) is 13.5 Å². The first kappa shape index (κ1) is 17.4. The molecule has 4 aliphatic carbocycles. The van der Waals surface area contributed by atoms with E-state index in [1.54, 1.807) is 7.11 Å².